The van der Waals surface area contributed by atoms with E-state index in [-0.39, 0.29) is 54.9 Å². The molecule has 0 radical (unpaired) electrons. The molecular formula is C92H90F4N4O17S4. The molecule has 11 aromatic rings. The van der Waals surface area contributed by atoms with Gasteiger partial charge in [0.15, 0.2) is 0 Å². The van der Waals surface area contributed by atoms with E-state index >= 15 is 0 Å². The molecule has 0 heterocycles. The number of nitrogens with one attached hydrogen (secondary N) is 4. The van der Waals surface area contributed by atoms with Gasteiger partial charge in [0, 0.05) is 6.42 Å². The smallest absolute Gasteiger partial charge is 0.416 e. The molecule has 0 saturated heterocycles. The zero-order valence-corrected chi connectivity index (χ0v) is 69.4. The summed E-state index contributed by atoms with van der Waals surface area (Å²) in [6.45, 7) is 6.15. The SMILES string of the molecule is CC1(C)C2CCC1(CS(=O)(=O)Nc1ccccc1CCc1cccc(C(=O)O)c1)C(=O)C2.CCCc1ccc(S(=O)(=O)Nc2ccccc2CCc2cccc(C(=O)O)c2)cc1.O=C(O)c1cccc(CCc2ccccc2NS(=O)(=O)c2ccc(C(F)(F)F)cc2)c1.O=C(O)c1cccc(CCc2ccccc2NS(=O)(=O)c2ccccc2F)c1. The summed E-state index contributed by atoms with van der Waals surface area (Å²) in [5.41, 5.74) is 8.03. The third kappa shape index (κ3) is 24.3. The van der Waals surface area contributed by atoms with Gasteiger partial charge in [0.25, 0.3) is 30.1 Å². The van der Waals surface area contributed by atoms with E-state index in [1.807, 2.05) is 68.4 Å². The molecule has 2 saturated carbocycles. The number of Topliss-reactive ketones (excluding diaryl/α,β-unsaturated/α-hetero) is 1. The maximum atomic E-state index is 13.9. The third-order valence-electron chi connectivity index (χ3n) is 21.5. The second-order valence-corrected chi connectivity index (χ2v) is 36.6. The van der Waals surface area contributed by atoms with Crippen LogP contribution in [0.3, 0.4) is 0 Å². The lowest BCUT2D eigenvalue weighted by molar-refractivity contribution is -0.137. The molecule has 632 valence electrons. The summed E-state index contributed by atoms with van der Waals surface area (Å²) in [7, 11) is -15.6. The number of alkyl halides is 3. The summed E-state index contributed by atoms with van der Waals surface area (Å²) in [5, 5.41) is 36.5. The molecular weight excluding hydrogens is 1640 g/mol. The Balaban J connectivity index is 0.000000169. The van der Waals surface area contributed by atoms with E-state index in [4.69, 9.17) is 15.3 Å². The Morgan fingerprint density at radius 1 is 0.397 bits per heavy atom. The van der Waals surface area contributed by atoms with Crippen LogP contribution in [-0.4, -0.2) is 89.5 Å². The number of hydrogen-bond acceptors (Lipinski definition) is 13. The van der Waals surface area contributed by atoms with Crippen molar-refractivity contribution in [1.82, 2.24) is 0 Å². The molecule has 21 nitrogen and oxygen atoms in total. The Morgan fingerprint density at radius 3 is 1.05 bits per heavy atom. The number of benzene rings is 11. The van der Waals surface area contributed by atoms with Gasteiger partial charge >= 0.3 is 30.1 Å². The van der Waals surface area contributed by atoms with Crippen LogP contribution >= 0.6 is 0 Å². The summed E-state index contributed by atoms with van der Waals surface area (Å²) >= 11 is 0. The van der Waals surface area contributed by atoms with Crippen molar-refractivity contribution in [2.75, 3.05) is 24.6 Å². The van der Waals surface area contributed by atoms with Gasteiger partial charge in [-0.3, -0.25) is 23.7 Å². The number of anilines is 4. The second-order valence-electron chi connectivity index (χ2n) is 29.8. The number of carboxylic acids is 4. The van der Waals surface area contributed by atoms with E-state index in [0.29, 0.717) is 92.5 Å². The van der Waals surface area contributed by atoms with Gasteiger partial charge in [-0.1, -0.05) is 173 Å². The van der Waals surface area contributed by atoms with Gasteiger partial charge in [-0.05, 0) is 253 Å². The molecule has 2 bridgehead atoms. The zero-order chi connectivity index (χ0) is 87.5. The highest BCUT2D eigenvalue weighted by atomic mass is 32.2. The molecule has 0 aromatic heterocycles. The fraction of sp³-hybridized carbons (Fsp3) is 0.228. The predicted octanol–water partition coefficient (Wildman–Crippen LogP) is 18.3. The molecule has 8 N–H and O–H groups in total. The van der Waals surface area contributed by atoms with Crippen LogP contribution in [-0.2, 0) is 109 Å². The number of rotatable bonds is 31. The first kappa shape index (κ1) is 91.0. The number of aromatic carboxylic acids is 4. The Hall–Kier alpha value is -12.3. The number of carbonyl (C=O) groups is 5. The fourth-order valence-corrected chi connectivity index (χ4v) is 20.1. The Kier molecular flexibility index (Phi) is 29.9. The molecule has 0 aliphatic heterocycles. The van der Waals surface area contributed by atoms with Crippen molar-refractivity contribution in [3.05, 3.63) is 351 Å². The molecule has 11 aromatic carbocycles. The maximum absolute atomic E-state index is 13.9. The highest BCUT2D eigenvalue weighted by Crippen LogP contribution is 2.64. The number of halogens is 4. The molecule has 0 spiro atoms. The highest BCUT2D eigenvalue weighted by molar-refractivity contribution is 7.93. The average Bonchev–Trinajstić information content (AvgIpc) is 1.55. The van der Waals surface area contributed by atoms with Crippen molar-refractivity contribution < 1.29 is 95.6 Å². The van der Waals surface area contributed by atoms with E-state index in [9.17, 15) is 80.3 Å². The van der Waals surface area contributed by atoms with Gasteiger partial charge in [0.1, 0.15) is 16.5 Å². The van der Waals surface area contributed by atoms with Gasteiger partial charge in [-0.25, -0.2) is 57.2 Å². The standard InChI is InChI=1S/C25H29NO5S.C24H25NO4S.C22H18F3NO4S.C21H18FNO4S/c1-24(2)20-12-13-25(24,22(27)15-20)16-32(30,31)26-21-9-4-3-7-18(21)11-10-17-6-5-8-19(14-17)23(28)29;1-2-6-18-12-15-22(16-13-18)30(28,29)25-23-10-4-3-8-20(23)14-11-19-7-5-9-21(17-19)24(26)27;23-22(24,25)18-10-12-19(13-11-18)31(29,30)26-20-7-2-1-5-16(20)9-8-15-4-3-6-17(14-15)21(27)28;22-18-9-2-4-11-20(18)28(26,27)23-19-10-3-1-7-16(19)13-12-15-6-5-8-17(14-15)21(24)25/h3-9,14,20,26H,10-13,15-16H2,1-2H3,(H,28,29);3-5,7-10,12-13,15-17,25H,2,6,11,14H2,1H3,(H,26,27);1-7,10-14,26H,8-9H2,(H,27,28);1-11,14,23H,12-13H2,(H,24,25). The predicted molar refractivity (Wildman–Crippen MR) is 456 cm³/mol. The number of carboxylic acid groups (broad SMARTS) is 4. The van der Waals surface area contributed by atoms with E-state index < -0.39 is 91.8 Å². The number of aryl methyl sites for hydroxylation is 9. The summed E-state index contributed by atoms with van der Waals surface area (Å²) < 4.78 is 165. The summed E-state index contributed by atoms with van der Waals surface area (Å²) in [4.78, 5) is 56.9. The molecule has 2 aliphatic carbocycles. The number of ketones is 1. The normalized spacial score (nSPS) is 14.7. The van der Waals surface area contributed by atoms with Crippen LogP contribution in [0, 0.1) is 22.6 Å². The van der Waals surface area contributed by atoms with E-state index in [0.717, 1.165) is 94.1 Å². The first-order valence-corrected chi connectivity index (χ1v) is 44.7. The quantitative estimate of drug-likeness (QED) is 0.0187. The average molecular weight is 1730 g/mol. The number of sulfonamides is 4. The monoisotopic (exact) mass is 1730 g/mol. The van der Waals surface area contributed by atoms with Crippen molar-refractivity contribution in [1.29, 1.82) is 0 Å². The topological polar surface area (TPSA) is 351 Å². The molecule has 2 aliphatic rings. The maximum Gasteiger partial charge on any atom is 0.416 e. The number of hydrogen-bond donors (Lipinski definition) is 8. The lowest BCUT2D eigenvalue weighted by atomic mass is 9.70. The van der Waals surface area contributed by atoms with Crippen molar-refractivity contribution in [2.24, 2.45) is 16.7 Å². The van der Waals surface area contributed by atoms with E-state index in [1.165, 1.54) is 30.3 Å². The van der Waals surface area contributed by atoms with E-state index in [1.54, 1.807) is 152 Å². The van der Waals surface area contributed by atoms with Crippen LogP contribution in [0.4, 0.5) is 40.3 Å². The van der Waals surface area contributed by atoms with Crippen LogP contribution in [0.15, 0.2) is 282 Å². The van der Waals surface area contributed by atoms with Crippen molar-refractivity contribution in [3.8, 4) is 0 Å². The van der Waals surface area contributed by atoms with Gasteiger partial charge in [-0.15, -0.1) is 0 Å². The van der Waals surface area contributed by atoms with E-state index in [2.05, 4.69) is 25.8 Å². The Morgan fingerprint density at radius 2 is 0.727 bits per heavy atom. The van der Waals surface area contributed by atoms with Crippen molar-refractivity contribution in [2.45, 2.75) is 125 Å². The van der Waals surface area contributed by atoms with Crippen molar-refractivity contribution >= 4 is 92.5 Å². The largest absolute Gasteiger partial charge is 0.478 e. The molecule has 121 heavy (non-hydrogen) atoms. The van der Waals surface area contributed by atoms with Crippen LogP contribution in [0.5, 0.6) is 0 Å². The summed E-state index contributed by atoms with van der Waals surface area (Å²) in [6, 6.07) is 70.0. The minimum absolute atomic E-state index is 0.0794. The molecule has 0 amide bonds. The van der Waals surface area contributed by atoms with Gasteiger partial charge in [0.2, 0.25) is 10.0 Å². The van der Waals surface area contributed by atoms with Gasteiger partial charge < -0.3 is 20.4 Å². The molecule has 29 heteroatoms. The first-order chi connectivity index (χ1) is 57.3. The molecule has 2 unspecified atom stereocenters. The molecule has 2 fully saturated rings. The number of para-hydroxylation sites is 4. The van der Waals surface area contributed by atoms with Crippen LogP contribution < -0.4 is 18.9 Å². The van der Waals surface area contributed by atoms with Crippen LogP contribution in [0.1, 0.15) is 144 Å². The van der Waals surface area contributed by atoms with Gasteiger partial charge in [0.05, 0.1) is 71.5 Å². The molecule has 2 atom stereocenters. The minimum atomic E-state index is -4.56. The zero-order valence-electron chi connectivity index (χ0n) is 66.1. The summed E-state index contributed by atoms with van der Waals surface area (Å²) in [5.74, 6) is -4.63. The molecule has 13 rings (SSSR count). The van der Waals surface area contributed by atoms with Crippen LogP contribution in [0.25, 0.3) is 0 Å². The summed E-state index contributed by atoms with van der Waals surface area (Å²) in [6.07, 6.45) is 3.61. The number of fused-ring (bicyclic) bond motifs is 2. The van der Waals surface area contributed by atoms with Crippen molar-refractivity contribution in [3.63, 3.8) is 0 Å². The second kappa shape index (κ2) is 39.7. The van der Waals surface area contributed by atoms with Crippen LogP contribution in [0.2, 0.25) is 0 Å². The Labute approximate surface area is 700 Å². The van der Waals surface area contributed by atoms with Gasteiger partial charge in [-0.2, -0.15) is 13.2 Å². The minimum Gasteiger partial charge on any atom is -0.478 e. The first-order valence-electron chi connectivity index (χ1n) is 38.6. The fourth-order valence-electron chi connectivity index (χ4n) is 14.8. The lowest BCUT2D eigenvalue weighted by Gasteiger charge is -2.36. The Bertz CT molecular complexity index is 6070. The third-order valence-corrected chi connectivity index (χ3v) is 27.0. The lowest BCUT2D eigenvalue weighted by Crippen LogP contribution is -2.43. The number of carbonyl (C=O) groups excluding carboxylic acids is 1. The highest BCUT2D eigenvalue weighted by Gasteiger charge is 2.65.